The van der Waals surface area contributed by atoms with Gasteiger partial charge in [0.15, 0.2) is 11.0 Å². The first kappa shape index (κ1) is 30.7. The largest absolute Gasteiger partial charge is 0.573 e. The Morgan fingerprint density at radius 1 is 1.14 bits per heavy atom. The quantitative estimate of drug-likeness (QED) is 0.145. The van der Waals surface area contributed by atoms with E-state index in [1.807, 2.05) is 32.0 Å². The van der Waals surface area contributed by atoms with Gasteiger partial charge in [0.2, 0.25) is 11.0 Å². The van der Waals surface area contributed by atoms with Gasteiger partial charge in [0.1, 0.15) is 17.8 Å². The molecule has 0 spiro atoms. The van der Waals surface area contributed by atoms with Crippen molar-refractivity contribution in [3.8, 4) is 28.6 Å². The van der Waals surface area contributed by atoms with Crippen LogP contribution in [0.15, 0.2) is 83.2 Å². The summed E-state index contributed by atoms with van der Waals surface area (Å²) in [7, 11) is 0. The summed E-state index contributed by atoms with van der Waals surface area (Å²) < 4.78 is 48.2. The highest BCUT2D eigenvalue weighted by Gasteiger charge is 2.32. The summed E-state index contributed by atoms with van der Waals surface area (Å²) in [4.78, 5) is 22.9. The van der Waals surface area contributed by atoms with Gasteiger partial charge in [0.25, 0.3) is 0 Å². The number of carbonyl (C=O) groups is 1. The maximum Gasteiger partial charge on any atom is 0.573 e. The van der Waals surface area contributed by atoms with E-state index in [-0.39, 0.29) is 22.5 Å². The number of thiocarbonyl (C=S) groups is 1. The molecule has 0 aliphatic carbocycles. The molecule has 44 heavy (non-hydrogen) atoms. The topological polar surface area (TPSA) is 106 Å². The average Bonchev–Trinajstić information content (AvgIpc) is 3.61. The van der Waals surface area contributed by atoms with Gasteiger partial charge in [0.05, 0.1) is 29.9 Å². The third-order valence-electron chi connectivity index (χ3n) is 5.99. The van der Waals surface area contributed by atoms with Crippen molar-refractivity contribution in [3.05, 3.63) is 84.2 Å². The first-order valence-corrected chi connectivity index (χ1v) is 14.5. The zero-order valence-corrected chi connectivity index (χ0v) is 24.9. The fourth-order valence-electron chi connectivity index (χ4n) is 4.07. The summed E-state index contributed by atoms with van der Waals surface area (Å²) in [5.41, 5.74) is 6.29. The number of benzene rings is 3. The molecule has 0 saturated carbocycles. The molecule has 1 N–H and O–H groups in total. The number of hydrogen-bond donors (Lipinski definition) is 1. The number of hydrogen-bond acceptors (Lipinski definition) is 8. The maximum absolute atomic E-state index is 12.7. The minimum atomic E-state index is -4.76. The summed E-state index contributed by atoms with van der Waals surface area (Å²) in [6, 6.07) is 18.1. The molecule has 0 radical (unpaired) electrons. The van der Waals surface area contributed by atoms with Crippen LogP contribution < -0.4 is 19.8 Å². The minimum absolute atomic E-state index is 0.0819. The van der Waals surface area contributed by atoms with E-state index < -0.39 is 6.36 Å². The number of rotatable bonds is 8. The number of aliphatic imine (C=N–C) groups is 1. The maximum atomic E-state index is 12.7. The van der Waals surface area contributed by atoms with Crippen LogP contribution in [0.25, 0.3) is 17.1 Å². The smallest absolute Gasteiger partial charge is 0.492 e. The molecule has 1 amide bonds. The van der Waals surface area contributed by atoms with Gasteiger partial charge in [-0.15, -0.1) is 18.3 Å². The van der Waals surface area contributed by atoms with Gasteiger partial charge in [-0.25, -0.2) is 9.67 Å². The number of thioether (sulfide) groups is 1. The first-order valence-electron chi connectivity index (χ1n) is 13.1. The van der Waals surface area contributed by atoms with Crippen molar-refractivity contribution < 1.29 is 27.4 Å². The molecule has 1 aromatic heterocycles. The van der Waals surface area contributed by atoms with E-state index in [4.69, 9.17) is 17.0 Å². The van der Waals surface area contributed by atoms with E-state index in [0.29, 0.717) is 34.7 Å². The second-order valence-electron chi connectivity index (χ2n) is 9.17. The van der Waals surface area contributed by atoms with Gasteiger partial charge >= 0.3 is 6.36 Å². The van der Waals surface area contributed by atoms with Crippen molar-refractivity contribution in [2.45, 2.75) is 20.2 Å². The number of halogens is 3. The third kappa shape index (κ3) is 7.60. The molecule has 226 valence electrons. The Balaban J connectivity index is 1.21. The molecule has 2 heterocycles. The van der Waals surface area contributed by atoms with Crippen molar-refractivity contribution in [2.75, 3.05) is 17.3 Å². The van der Waals surface area contributed by atoms with E-state index in [9.17, 15) is 18.0 Å². The number of carbonyl (C=O) groups excluding carboxylic acids is 1. The van der Waals surface area contributed by atoms with E-state index in [1.54, 1.807) is 30.5 Å². The second-order valence-corrected chi connectivity index (χ2v) is 10.5. The molecular formula is C29H24F3N7O3S2. The number of alkyl halides is 3. The molecule has 0 atom stereocenters. The van der Waals surface area contributed by atoms with Gasteiger partial charge in [-0.3, -0.25) is 15.1 Å². The van der Waals surface area contributed by atoms with Crippen LogP contribution in [0, 0.1) is 6.92 Å². The van der Waals surface area contributed by atoms with Crippen molar-refractivity contribution in [3.63, 3.8) is 0 Å². The van der Waals surface area contributed by atoms with E-state index in [0.717, 1.165) is 16.7 Å². The summed E-state index contributed by atoms with van der Waals surface area (Å²) in [5, 5.41) is 9.07. The number of anilines is 1. The van der Waals surface area contributed by atoms with Crippen molar-refractivity contribution >= 4 is 52.1 Å². The number of aryl methyl sites for hydroxylation is 1. The van der Waals surface area contributed by atoms with Crippen LogP contribution in [-0.4, -0.2) is 55.9 Å². The third-order valence-corrected chi connectivity index (χ3v) is 7.09. The molecule has 1 aliphatic rings. The van der Waals surface area contributed by atoms with E-state index in [2.05, 4.69) is 30.3 Å². The molecule has 5 rings (SSSR count). The molecule has 1 saturated heterocycles. The fraction of sp³-hybridized carbons (Fsp3) is 0.172. The second kappa shape index (κ2) is 13.3. The highest BCUT2D eigenvalue weighted by molar-refractivity contribution is 8.15. The molecule has 15 heteroatoms. The lowest BCUT2D eigenvalue weighted by molar-refractivity contribution is -0.274. The predicted octanol–water partition coefficient (Wildman–Crippen LogP) is 5.88. The standard InChI is InChI=1S/C29H24F3N7O3S2/c1-3-41-24-13-4-18(2)14-23(24)39-25(40)16-44-28(39)35-27(43)36-34-15-19-5-7-20(8-6-19)26-33-17-38(37-26)21-9-11-22(12-10-21)42-29(30,31)32/h4-15,17H,3,16H2,1-2H3,(H,36,43)/b34-15+,35-28-. The van der Waals surface area contributed by atoms with Crippen LogP contribution in [0.3, 0.4) is 0 Å². The number of ether oxygens (including phenoxy) is 2. The highest BCUT2D eigenvalue weighted by Crippen LogP contribution is 2.35. The molecule has 1 aliphatic heterocycles. The number of amidine groups is 1. The minimum Gasteiger partial charge on any atom is -0.492 e. The van der Waals surface area contributed by atoms with Gasteiger partial charge in [-0.05, 0) is 73.6 Å². The van der Waals surface area contributed by atoms with Crippen LogP contribution in [0.1, 0.15) is 18.1 Å². The van der Waals surface area contributed by atoms with Gasteiger partial charge in [-0.1, -0.05) is 42.1 Å². The van der Waals surface area contributed by atoms with Gasteiger partial charge in [-0.2, -0.15) is 10.1 Å². The summed E-state index contributed by atoms with van der Waals surface area (Å²) in [5.74, 6) is 0.785. The lowest BCUT2D eigenvalue weighted by atomic mass is 10.1. The molecule has 0 bridgehead atoms. The van der Waals surface area contributed by atoms with Crippen LogP contribution in [0.2, 0.25) is 0 Å². The molecule has 1 fully saturated rings. The van der Waals surface area contributed by atoms with E-state index >= 15 is 0 Å². The molecule has 4 aromatic rings. The Labute approximate surface area is 259 Å². The molecule has 0 unspecified atom stereocenters. The van der Waals surface area contributed by atoms with Crippen molar-refractivity contribution in [1.29, 1.82) is 0 Å². The zero-order valence-electron chi connectivity index (χ0n) is 23.3. The monoisotopic (exact) mass is 639 g/mol. The Kier molecular flexibility index (Phi) is 9.25. The average molecular weight is 640 g/mol. The highest BCUT2D eigenvalue weighted by atomic mass is 32.2. The van der Waals surface area contributed by atoms with Crippen LogP contribution >= 0.6 is 24.0 Å². The Bertz CT molecular complexity index is 1720. The molecule has 3 aromatic carbocycles. The van der Waals surface area contributed by atoms with Crippen molar-refractivity contribution in [2.24, 2.45) is 10.1 Å². The Hall–Kier alpha value is -4.76. The number of nitrogens with one attached hydrogen (secondary N) is 1. The first-order chi connectivity index (χ1) is 21.1. The SMILES string of the molecule is CCOc1ccc(C)cc1N1C(=O)CS/C1=N\C(=S)N/N=C/c1ccc(-c2ncn(-c3ccc(OC(F)(F)F)cc3)n2)cc1. The summed E-state index contributed by atoms with van der Waals surface area (Å²) >= 11 is 6.62. The molecule has 10 nitrogen and oxygen atoms in total. The van der Waals surface area contributed by atoms with E-state index in [1.165, 1.54) is 51.9 Å². The van der Waals surface area contributed by atoms with Crippen LogP contribution in [0.4, 0.5) is 18.9 Å². The predicted molar refractivity (Wildman–Crippen MR) is 167 cm³/mol. The molecular weight excluding hydrogens is 615 g/mol. The summed E-state index contributed by atoms with van der Waals surface area (Å²) in [6.07, 6.45) is -1.74. The van der Waals surface area contributed by atoms with Gasteiger partial charge in [0, 0.05) is 5.56 Å². The van der Waals surface area contributed by atoms with Crippen molar-refractivity contribution in [1.82, 2.24) is 20.2 Å². The Morgan fingerprint density at radius 2 is 1.89 bits per heavy atom. The number of amides is 1. The summed E-state index contributed by atoms with van der Waals surface area (Å²) in [6.45, 7) is 4.26. The van der Waals surface area contributed by atoms with Gasteiger partial charge < -0.3 is 9.47 Å². The van der Waals surface area contributed by atoms with Crippen LogP contribution in [-0.2, 0) is 4.79 Å². The number of nitrogens with zero attached hydrogens (tertiary/aromatic N) is 6. The van der Waals surface area contributed by atoms with Crippen LogP contribution in [0.5, 0.6) is 11.5 Å². The fourth-order valence-corrected chi connectivity index (χ4v) is 5.14. The lowest BCUT2D eigenvalue weighted by Crippen LogP contribution is -2.31. The zero-order chi connectivity index (χ0) is 31.3. The normalized spacial score (nSPS) is 14.4. The number of aromatic nitrogens is 3. The Morgan fingerprint density at radius 3 is 2.59 bits per heavy atom. The number of hydrazone groups is 1. The lowest BCUT2D eigenvalue weighted by Gasteiger charge is -2.20.